The first-order chi connectivity index (χ1) is 7.74. The number of nitrogens with two attached hydrogens (primary N) is 1. The van der Waals surface area contributed by atoms with Gasteiger partial charge in [0.05, 0.1) is 12.3 Å². The zero-order valence-corrected chi connectivity index (χ0v) is 9.87. The van der Waals surface area contributed by atoms with Crippen molar-refractivity contribution in [3.05, 3.63) is 58.2 Å². The lowest BCUT2D eigenvalue weighted by Gasteiger charge is -2.15. The fourth-order valence-electron chi connectivity index (χ4n) is 1.57. The van der Waals surface area contributed by atoms with Gasteiger partial charge in [-0.05, 0) is 28.1 Å². The molecule has 0 spiro atoms. The van der Waals surface area contributed by atoms with E-state index in [1.165, 1.54) is 12.3 Å². The summed E-state index contributed by atoms with van der Waals surface area (Å²) in [6.45, 7) is 0. The lowest BCUT2D eigenvalue weighted by Crippen LogP contribution is -2.29. The Kier molecular flexibility index (Phi) is 3.38. The molecule has 0 saturated heterocycles. The van der Waals surface area contributed by atoms with Crippen molar-refractivity contribution in [1.82, 2.24) is 5.43 Å². The highest BCUT2D eigenvalue weighted by molar-refractivity contribution is 9.10. The molecular weight excluding hydrogens is 275 g/mol. The van der Waals surface area contributed by atoms with E-state index < -0.39 is 6.04 Å². The molecule has 1 aromatic carbocycles. The van der Waals surface area contributed by atoms with Crippen LogP contribution in [0.4, 0.5) is 4.39 Å². The van der Waals surface area contributed by atoms with E-state index in [2.05, 4.69) is 21.4 Å². The lowest BCUT2D eigenvalue weighted by molar-refractivity contribution is 0.519. The summed E-state index contributed by atoms with van der Waals surface area (Å²) < 4.78 is 19.3. The molecule has 5 heteroatoms. The molecule has 0 aliphatic carbocycles. The molecule has 1 atom stereocenters. The Morgan fingerprint density at radius 1 is 1.25 bits per heavy atom. The maximum absolute atomic E-state index is 13.6. The second-order valence-corrected chi connectivity index (χ2v) is 3.99. The predicted octanol–water partition coefficient (Wildman–Crippen LogP) is 2.73. The van der Waals surface area contributed by atoms with Crippen molar-refractivity contribution >= 4 is 15.9 Å². The zero-order chi connectivity index (χ0) is 11.5. The number of hydrazine groups is 1. The third-order valence-corrected chi connectivity index (χ3v) is 2.98. The van der Waals surface area contributed by atoms with E-state index in [-0.39, 0.29) is 5.82 Å². The molecule has 0 amide bonds. The fourth-order valence-corrected chi connectivity index (χ4v) is 2.04. The molecule has 16 heavy (non-hydrogen) atoms. The molecule has 1 aromatic heterocycles. The molecule has 3 N–H and O–H groups in total. The monoisotopic (exact) mass is 284 g/mol. The van der Waals surface area contributed by atoms with Crippen LogP contribution in [-0.2, 0) is 0 Å². The normalized spacial score (nSPS) is 12.7. The van der Waals surface area contributed by atoms with Gasteiger partial charge in [-0.2, -0.15) is 0 Å². The topological polar surface area (TPSA) is 51.2 Å². The van der Waals surface area contributed by atoms with E-state index in [9.17, 15) is 4.39 Å². The van der Waals surface area contributed by atoms with Crippen LogP contribution in [0.25, 0.3) is 0 Å². The quantitative estimate of drug-likeness (QED) is 0.673. The zero-order valence-electron chi connectivity index (χ0n) is 8.28. The molecule has 2 aromatic rings. The first kappa shape index (κ1) is 11.3. The number of furan rings is 1. The second-order valence-electron chi connectivity index (χ2n) is 3.27. The molecule has 2 rings (SSSR count). The van der Waals surface area contributed by atoms with Gasteiger partial charge in [0, 0.05) is 11.1 Å². The summed E-state index contributed by atoms with van der Waals surface area (Å²) in [5.41, 5.74) is 3.81. The minimum Gasteiger partial charge on any atom is -0.457 e. The highest BCUT2D eigenvalue weighted by Crippen LogP contribution is 2.30. The van der Waals surface area contributed by atoms with Crippen molar-refractivity contribution < 1.29 is 8.81 Å². The average Bonchev–Trinajstić information content (AvgIpc) is 2.69. The Labute approximate surface area is 101 Å². The van der Waals surface area contributed by atoms with Gasteiger partial charge >= 0.3 is 0 Å². The first-order valence-corrected chi connectivity index (χ1v) is 5.46. The lowest BCUT2D eigenvalue weighted by atomic mass is 10.0. The summed E-state index contributed by atoms with van der Waals surface area (Å²) >= 11 is 3.24. The summed E-state index contributed by atoms with van der Waals surface area (Å²) in [6, 6.07) is 7.77. The Bertz CT molecular complexity index is 486. The molecule has 1 unspecified atom stereocenters. The number of benzene rings is 1. The first-order valence-electron chi connectivity index (χ1n) is 4.67. The SMILES string of the molecule is NNC(c1ccccc1F)c1ccoc1Br. The molecule has 0 aliphatic heterocycles. The van der Waals surface area contributed by atoms with Gasteiger partial charge in [0.25, 0.3) is 0 Å². The van der Waals surface area contributed by atoms with Crippen LogP contribution in [-0.4, -0.2) is 0 Å². The Hall–Kier alpha value is -1.17. The molecule has 0 aliphatic rings. The van der Waals surface area contributed by atoms with E-state index in [1.807, 2.05) is 0 Å². The summed E-state index contributed by atoms with van der Waals surface area (Å²) in [5.74, 6) is 5.15. The van der Waals surface area contributed by atoms with Crippen molar-refractivity contribution in [2.75, 3.05) is 0 Å². The van der Waals surface area contributed by atoms with Crippen LogP contribution < -0.4 is 11.3 Å². The minimum absolute atomic E-state index is 0.307. The van der Waals surface area contributed by atoms with Crippen LogP contribution in [0.1, 0.15) is 17.2 Å². The maximum atomic E-state index is 13.6. The highest BCUT2D eigenvalue weighted by atomic mass is 79.9. The van der Waals surface area contributed by atoms with E-state index in [0.717, 1.165) is 5.56 Å². The van der Waals surface area contributed by atoms with Crippen molar-refractivity contribution in [2.45, 2.75) is 6.04 Å². The van der Waals surface area contributed by atoms with Crippen molar-refractivity contribution in [1.29, 1.82) is 0 Å². The summed E-state index contributed by atoms with van der Waals surface area (Å²) in [5, 5.41) is 0. The smallest absolute Gasteiger partial charge is 0.174 e. The van der Waals surface area contributed by atoms with Gasteiger partial charge < -0.3 is 4.42 Å². The van der Waals surface area contributed by atoms with Gasteiger partial charge in [0.1, 0.15) is 5.82 Å². The number of hydrogen-bond donors (Lipinski definition) is 2. The molecule has 1 heterocycles. The number of rotatable bonds is 3. The maximum Gasteiger partial charge on any atom is 0.174 e. The molecule has 0 radical (unpaired) electrons. The number of nitrogens with one attached hydrogen (secondary N) is 1. The molecule has 84 valence electrons. The molecular formula is C11H10BrFN2O. The van der Waals surface area contributed by atoms with Crippen molar-refractivity contribution in [3.8, 4) is 0 Å². The molecule has 3 nitrogen and oxygen atoms in total. The average molecular weight is 285 g/mol. The minimum atomic E-state index is -0.436. The van der Waals surface area contributed by atoms with Crippen LogP contribution in [0.3, 0.4) is 0 Å². The molecule has 0 fully saturated rings. The van der Waals surface area contributed by atoms with Crippen LogP contribution >= 0.6 is 15.9 Å². The van der Waals surface area contributed by atoms with E-state index in [4.69, 9.17) is 10.3 Å². The van der Waals surface area contributed by atoms with E-state index in [1.54, 1.807) is 24.3 Å². The van der Waals surface area contributed by atoms with Gasteiger partial charge in [0.2, 0.25) is 0 Å². The third-order valence-electron chi connectivity index (χ3n) is 2.34. The predicted molar refractivity (Wildman–Crippen MR) is 62.0 cm³/mol. The molecule has 0 saturated carbocycles. The standard InChI is InChI=1S/C11H10BrFN2O/c12-11-8(5-6-16-11)10(15-14)7-3-1-2-4-9(7)13/h1-6,10,15H,14H2. The summed E-state index contributed by atoms with van der Waals surface area (Å²) in [6.07, 6.45) is 1.52. The van der Waals surface area contributed by atoms with Gasteiger partial charge in [-0.15, -0.1) is 0 Å². The third kappa shape index (κ3) is 2.02. The van der Waals surface area contributed by atoms with E-state index >= 15 is 0 Å². The van der Waals surface area contributed by atoms with Crippen LogP contribution in [0.5, 0.6) is 0 Å². The number of hydrogen-bond acceptors (Lipinski definition) is 3. The van der Waals surface area contributed by atoms with Gasteiger partial charge in [-0.1, -0.05) is 18.2 Å². The van der Waals surface area contributed by atoms with Gasteiger partial charge in [-0.25, -0.2) is 9.82 Å². The summed E-state index contributed by atoms with van der Waals surface area (Å²) in [7, 11) is 0. The fraction of sp³-hybridized carbons (Fsp3) is 0.0909. The van der Waals surface area contributed by atoms with Crippen LogP contribution in [0.2, 0.25) is 0 Å². The summed E-state index contributed by atoms with van der Waals surface area (Å²) in [4.78, 5) is 0. The van der Waals surface area contributed by atoms with Crippen molar-refractivity contribution in [3.63, 3.8) is 0 Å². The largest absolute Gasteiger partial charge is 0.457 e. The highest BCUT2D eigenvalue weighted by Gasteiger charge is 2.20. The van der Waals surface area contributed by atoms with Crippen LogP contribution in [0.15, 0.2) is 45.7 Å². The van der Waals surface area contributed by atoms with Gasteiger partial charge in [0.15, 0.2) is 4.67 Å². The Balaban J connectivity index is 2.45. The number of halogens is 2. The Morgan fingerprint density at radius 2 is 2.00 bits per heavy atom. The van der Waals surface area contributed by atoms with Crippen molar-refractivity contribution in [2.24, 2.45) is 5.84 Å². The van der Waals surface area contributed by atoms with E-state index in [0.29, 0.717) is 10.2 Å². The second kappa shape index (κ2) is 4.78. The van der Waals surface area contributed by atoms with Crippen LogP contribution in [0, 0.1) is 5.82 Å². The Morgan fingerprint density at radius 3 is 2.56 bits per heavy atom. The molecule has 0 bridgehead atoms. The van der Waals surface area contributed by atoms with Gasteiger partial charge in [-0.3, -0.25) is 5.84 Å².